The van der Waals surface area contributed by atoms with Crippen LogP contribution in [-0.2, 0) is 24.4 Å². The molecule has 1 aliphatic rings. The van der Waals surface area contributed by atoms with Gasteiger partial charge < -0.3 is 10.4 Å². The SMILES string of the molecule is O=C(CCn1cnc2ccccc2c1=O)NCc1ccc(CN2CCC(O)CC2)cc1. The number of rotatable bonds is 7. The Kier molecular flexibility index (Phi) is 6.74. The van der Waals surface area contributed by atoms with E-state index in [-0.39, 0.29) is 24.0 Å². The normalized spacial score (nSPS) is 15.3. The largest absolute Gasteiger partial charge is 0.393 e. The predicted molar refractivity (Wildman–Crippen MR) is 119 cm³/mol. The van der Waals surface area contributed by atoms with Gasteiger partial charge in [0.15, 0.2) is 0 Å². The van der Waals surface area contributed by atoms with E-state index >= 15 is 0 Å². The van der Waals surface area contributed by atoms with Crippen LogP contribution in [0.25, 0.3) is 10.9 Å². The third-order valence-corrected chi connectivity index (χ3v) is 5.79. The highest BCUT2D eigenvalue weighted by Gasteiger charge is 2.16. The monoisotopic (exact) mass is 420 g/mol. The van der Waals surface area contributed by atoms with Crippen LogP contribution in [0.4, 0.5) is 0 Å². The van der Waals surface area contributed by atoms with Gasteiger partial charge in [-0.1, -0.05) is 36.4 Å². The first kappa shape index (κ1) is 21.2. The Morgan fingerprint density at radius 2 is 1.77 bits per heavy atom. The van der Waals surface area contributed by atoms with Crippen LogP contribution in [0.3, 0.4) is 0 Å². The Hall–Kier alpha value is -3.03. The number of aliphatic hydroxyl groups excluding tert-OH is 1. The maximum absolute atomic E-state index is 12.5. The second kappa shape index (κ2) is 9.85. The van der Waals surface area contributed by atoms with Crippen molar-refractivity contribution in [2.45, 2.75) is 45.0 Å². The van der Waals surface area contributed by atoms with Crippen molar-refractivity contribution in [1.29, 1.82) is 0 Å². The van der Waals surface area contributed by atoms with E-state index in [0.717, 1.165) is 38.0 Å². The highest BCUT2D eigenvalue weighted by atomic mass is 16.3. The number of aliphatic hydroxyl groups is 1. The number of benzene rings is 2. The number of fused-ring (bicyclic) bond motifs is 1. The molecule has 0 unspecified atom stereocenters. The summed E-state index contributed by atoms with van der Waals surface area (Å²) in [4.78, 5) is 31.4. The van der Waals surface area contributed by atoms with Gasteiger partial charge in [0.25, 0.3) is 5.56 Å². The van der Waals surface area contributed by atoms with E-state index in [2.05, 4.69) is 27.3 Å². The Balaban J connectivity index is 1.24. The number of nitrogens with zero attached hydrogens (tertiary/aromatic N) is 3. The predicted octanol–water partition coefficient (Wildman–Crippen LogP) is 2.06. The third-order valence-electron chi connectivity index (χ3n) is 5.79. The standard InChI is InChI=1S/C24H28N4O3/c29-20-9-12-27(13-10-20)16-19-7-5-18(6-8-19)15-25-23(30)11-14-28-17-26-22-4-2-1-3-21(22)24(28)31/h1-8,17,20,29H,9-16H2,(H,25,30). The van der Waals surface area contributed by atoms with Crippen molar-refractivity contribution in [2.24, 2.45) is 0 Å². The van der Waals surface area contributed by atoms with Crippen molar-refractivity contribution in [3.8, 4) is 0 Å². The lowest BCUT2D eigenvalue weighted by Gasteiger charge is -2.29. The maximum Gasteiger partial charge on any atom is 0.261 e. The Morgan fingerprint density at radius 3 is 2.55 bits per heavy atom. The number of hydrogen-bond acceptors (Lipinski definition) is 5. The number of amides is 1. The Morgan fingerprint density at radius 1 is 1.06 bits per heavy atom. The van der Waals surface area contributed by atoms with Crippen molar-refractivity contribution >= 4 is 16.8 Å². The number of carbonyl (C=O) groups is 1. The first-order chi connectivity index (χ1) is 15.1. The van der Waals surface area contributed by atoms with Crippen LogP contribution in [-0.4, -0.2) is 44.7 Å². The van der Waals surface area contributed by atoms with Gasteiger partial charge in [-0.3, -0.25) is 19.1 Å². The van der Waals surface area contributed by atoms with Crippen LogP contribution in [0.1, 0.15) is 30.4 Å². The quantitative estimate of drug-likeness (QED) is 0.611. The summed E-state index contributed by atoms with van der Waals surface area (Å²) < 4.78 is 1.48. The minimum absolute atomic E-state index is 0.101. The molecule has 2 aromatic carbocycles. The van der Waals surface area contributed by atoms with Crippen molar-refractivity contribution in [3.05, 3.63) is 76.3 Å². The summed E-state index contributed by atoms with van der Waals surface area (Å²) in [6.45, 7) is 3.49. The number of nitrogens with one attached hydrogen (secondary N) is 1. The molecule has 0 bridgehead atoms. The summed E-state index contributed by atoms with van der Waals surface area (Å²) in [5.74, 6) is -0.101. The van der Waals surface area contributed by atoms with Crippen LogP contribution in [0, 0.1) is 0 Å². The van der Waals surface area contributed by atoms with E-state index in [4.69, 9.17) is 0 Å². The van der Waals surface area contributed by atoms with E-state index in [1.54, 1.807) is 12.1 Å². The molecule has 0 atom stereocenters. The van der Waals surface area contributed by atoms with Crippen molar-refractivity contribution in [1.82, 2.24) is 19.8 Å². The molecule has 2 heterocycles. The summed E-state index contributed by atoms with van der Waals surface area (Å²) in [6, 6.07) is 15.5. The molecule has 0 aliphatic carbocycles. The minimum Gasteiger partial charge on any atom is -0.393 e. The van der Waals surface area contributed by atoms with Gasteiger partial charge in [0, 0.05) is 39.1 Å². The second-order valence-corrected chi connectivity index (χ2v) is 8.11. The third kappa shape index (κ3) is 5.57. The number of hydrogen-bond donors (Lipinski definition) is 2. The number of carbonyl (C=O) groups excluding carboxylic acids is 1. The van der Waals surface area contributed by atoms with Crippen LogP contribution in [0.15, 0.2) is 59.7 Å². The molecule has 0 saturated carbocycles. The number of para-hydroxylation sites is 1. The lowest BCUT2D eigenvalue weighted by molar-refractivity contribution is -0.121. The molecule has 1 aliphatic heterocycles. The van der Waals surface area contributed by atoms with E-state index < -0.39 is 0 Å². The molecule has 4 rings (SSSR count). The molecule has 0 radical (unpaired) electrons. The summed E-state index contributed by atoms with van der Waals surface area (Å²) >= 11 is 0. The highest BCUT2D eigenvalue weighted by Crippen LogP contribution is 2.14. The number of aromatic nitrogens is 2. The lowest BCUT2D eigenvalue weighted by atomic mass is 10.1. The molecule has 1 fully saturated rings. The fourth-order valence-electron chi connectivity index (χ4n) is 3.87. The Labute approximate surface area is 181 Å². The van der Waals surface area contributed by atoms with Gasteiger partial charge >= 0.3 is 0 Å². The van der Waals surface area contributed by atoms with E-state index in [1.807, 2.05) is 24.3 Å². The van der Waals surface area contributed by atoms with Crippen molar-refractivity contribution in [2.75, 3.05) is 13.1 Å². The molecule has 7 nitrogen and oxygen atoms in total. The first-order valence-electron chi connectivity index (χ1n) is 10.8. The number of aryl methyl sites for hydroxylation is 1. The second-order valence-electron chi connectivity index (χ2n) is 8.11. The summed E-state index contributed by atoms with van der Waals surface area (Å²) in [5, 5.41) is 13.1. The van der Waals surface area contributed by atoms with Crippen LogP contribution in [0.5, 0.6) is 0 Å². The fourth-order valence-corrected chi connectivity index (χ4v) is 3.87. The molecule has 1 saturated heterocycles. The molecule has 0 spiro atoms. The zero-order chi connectivity index (χ0) is 21.6. The van der Waals surface area contributed by atoms with Crippen LogP contribution < -0.4 is 10.9 Å². The fraction of sp³-hybridized carbons (Fsp3) is 0.375. The average molecular weight is 421 g/mol. The molecule has 7 heteroatoms. The molecule has 1 aromatic heterocycles. The molecule has 162 valence electrons. The van der Waals surface area contributed by atoms with E-state index in [1.165, 1.54) is 16.5 Å². The smallest absolute Gasteiger partial charge is 0.261 e. The van der Waals surface area contributed by atoms with Crippen LogP contribution in [0.2, 0.25) is 0 Å². The van der Waals surface area contributed by atoms with Gasteiger partial charge in [0.1, 0.15) is 0 Å². The molecule has 1 amide bonds. The average Bonchev–Trinajstić information content (AvgIpc) is 2.80. The van der Waals surface area contributed by atoms with Gasteiger partial charge in [0.05, 0.1) is 23.3 Å². The summed E-state index contributed by atoms with van der Waals surface area (Å²) in [7, 11) is 0. The van der Waals surface area contributed by atoms with Gasteiger partial charge in [-0.15, -0.1) is 0 Å². The Bertz CT molecular complexity index is 1090. The topological polar surface area (TPSA) is 87.5 Å². The molecule has 3 aromatic rings. The van der Waals surface area contributed by atoms with Gasteiger partial charge in [-0.25, -0.2) is 4.98 Å². The minimum atomic E-state index is -0.154. The van der Waals surface area contributed by atoms with Crippen LogP contribution >= 0.6 is 0 Å². The highest BCUT2D eigenvalue weighted by molar-refractivity contribution is 5.77. The van der Waals surface area contributed by atoms with E-state index in [9.17, 15) is 14.7 Å². The maximum atomic E-state index is 12.5. The zero-order valence-corrected chi connectivity index (χ0v) is 17.5. The summed E-state index contributed by atoms with van der Waals surface area (Å²) in [6.07, 6.45) is 3.24. The van der Waals surface area contributed by atoms with Crippen molar-refractivity contribution < 1.29 is 9.90 Å². The molecular weight excluding hydrogens is 392 g/mol. The van der Waals surface area contributed by atoms with Crippen molar-refractivity contribution in [3.63, 3.8) is 0 Å². The summed E-state index contributed by atoms with van der Waals surface area (Å²) in [5.41, 5.74) is 2.80. The van der Waals surface area contributed by atoms with E-state index in [0.29, 0.717) is 24.0 Å². The number of piperidine rings is 1. The van der Waals surface area contributed by atoms with Gasteiger partial charge in [0.2, 0.25) is 5.91 Å². The number of likely N-dealkylation sites (tertiary alicyclic amines) is 1. The molecule has 31 heavy (non-hydrogen) atoms. The first-order valence-corrected chi connectivity index (χ1v) is 10.8. The molecule has 2 N–H and O–H groups in total. The lowest BCUT2D eigenvalue weighted by Crippen LogP contribution is -2.35. The van der Waals surface area contributed by atoms with Gasteiger partial charge in [-0.05, 0) is 36.1 Å². The molecular formula is C24H28N4O3. The zero-order valence-electron chi connectivity index (χ0n) is 17.5. The van der Waals surface area contributed by atoms with Gasteiger partial charge in [-0.2, -0.15) is 0 Å².